The summed E-state index contributed by atoms with van der Waals surface area (Å²) in [6.07, 6.45) is 2.62. The molecule has 0 radical (unpaired) electrons. The molecule has 0 fully saturated rings. The highest BCUT2D eigenvalue weighted by atomic mass is 32.2. The molecule has 0 aromatic heterocycles. The highest BCUT2D eigenvalue weighted by molar-refractivity contribution is 7.98. The molecule has 17 heavy (non-hydrogen) atoms. The number of amides is 2. The summed E-state index contributed by atoms with van der Waals surface area (Å²) in [5, 5.41) is 5.54. The van der Waals surface area contributed by atoms with E-state index in [4.69, 9.17) is 0 Å². The summed E-state index contributed by atoms with van der Waals surface area (Å²) in [5.41, 5.74) is 1.11. The first-order chi connectivity index (χ1) is 8.22. The average molecular weight is 250 g/mol. The lowest BCUT2D eigenvalue weighted by Gasteiger charge is -2.13. The zero-order chi connectivity index (χ0) is 12.3. The standard InChI is InChI=1S/C12H14N2O2S/c1-17-7-6-10-12(16)13-9-5-3-2-4-8(9)11(15)14-10/h2-5,10H,6-7H2,1H3,(H,13,16)(H,14,15)/t10-/m1/s1. The predicted octanol–water partition coefficient (Wildman–Crippen LogP) is 1.49. The van der Waals surface area contributed by atoms with Crippen molar-refractivity contribution in [2.75, 3.05) is 17.3 Å². The van der Waals surface area contributed by atoms with Gasteiger partial charge in [0.15, 0.2) is 0 Å². The summed E-state index contributed by atoms with van der Waals surface area (Å²) in [4.78, 5) is 23.8. The second-order valence-electron chi connectivity index (χ2n) is 3.84. The number of benzene rings is 1. The summed E-state index contributed by atoms with van der Waals surface area (Å²) in [5.74, 6) is 0.511. The van der Waals surface area contributed by atoms with Crippen molar-refractivity contribution < 1.29 is 9.59 Å². The van der Waals surface area contributed by atoms with Gasteiger partial charge in [0.2, 0.25) is 5.91 Å². The number of carbonyl (C=O) groups is 2. The largest absolute Gasteiger partial charge is 0.340 e. The molecule has 1 aliphatic heterocycles. The predicted molar refractivity (Wildman–Crippen MR) is 69.3 cm³/mol. The molecule has 4 nitrogen and oxygen atoms in total. The summed E-state index contributed by atoms with van der Waals surface area (Å²) in [6, 6.07) is 6.59. The fraction of sp³-hybridized carbons (Fsp3) is 0.333. The minimum Gasteiger partial charge on any atom is -0.340 e. The van der Waals surface area contributed by atoms with Crippen molar-refractivity contribution in [2.45, 2.75) is 12.5 Å². The van der Waals surface area contributed by atoms with Gasteiger partial charge in [-0.25, -0.2) is 0 Å². The molecule has 1 heterocycles. The molecule has 1 atom stereocenters. The molecule has 2 N–H and O–H groups in total. The lowest BCUT2D eigenvalue weighted by Crippen LogP contribution is -2.41. The zero-order valence-electron chi connectivity index (χ0n) is 9.53. The first-order valence-electron chi connectivity index (χ1n) is 5.42. The van der Waals surface area contributed by atoms with E-state index in [0.717, 1.165) is 5.75 Å². The number of thioether (sulfide) groups is 1. The molecular formula is C12H14N2O2S. The van der Waals surface area contributed by atoms with Gasteiger partial charge in [-0.2, -0.15) is 11.8 Å². The van der Waals surface area contributed by atoms with Crippen LogP contribution in [0.5, 0.6) is 0 Å². The van der Waals surface area contributed by atoms with Crippen molar-refractivity contribution in [3.8, 4) is 0 Å². The third kappa shape index (κ3) is 2.61. The van der Waals surface area contributed by atoms with Crippen LogP contribution in [0.4, 0.5) is 5.69 Å². The summed E-state index contributed by atoms with van der Waals surface area (Å²) in [6.45, 7) is 0. The molecule has 90 valence electrons. The smallest absolute Gasteiger partial charge is 0.254 e. The Morgan fingerprint density at radius 2 is 2.06 bits per heavy atom. The second kappa shape index (κ2) is 5.23. The summed E-state index contributed by atoms with van der Waals surface area (Å²) >= 11 is 1.66. The fourth-order valence-electron chi connectivity index (χ4n) is 1.75. The van der Waals surface area contributed by atoms with E-state index >= 15 is 0 Å². The number of para-hydroxylation sites is 1. The van der Waals surface area contributed by atoms with Crippen LogP contribution in [0.3, 0.4) is 0 Å². The molecule has 1 aromatic carbocycles. The highest BCUT2D eigenvalue weighted by Crippen LogP contribution is 2.19. The maximum absolute atomic E-state index is 11.9. The molecule has 1 aliphatic rings. The van der Waals surface area contributed by atoms with E-state index in [-0.39, 0.29) is 11.8 Å². The Labute approximate surface area is 104 Å². The number of carbonyl (C=O) groups excluding carboxylic acids is 2. The number of hydrogen-bond donors (Lipinski definition) is 2. The van der Waals surface area contributed by atoms with Crippen molar-refractivity contribution in [1.29, 1.82) is 0 Å². The van der Waals surface area contributed by atoms with Gasteiger partial charge in [0.25, 0.3) is 5.91 Å². The van der Waals surface area contributed by atoms with Gasteiger partial charge < -0.3 is 10.6 Å². The van der Waals surface area contributed by atoms with Gasteiger partial charge in [-0.1, -0.05) is 12.1 Å². The van der Waals surface area contributed by atoms with Gasteiger partial charge in [-0.3, -0.25) is 9.59 Å². The molecule has 2 amide bonds. The first-order valence-corrected chi connectivity index (χ1v) is 6.81. The molecule has 1 aromatic rings. The van der Waals surface area contributed by atoms with Crippen LogP contribution in [0.1, 0.15) is 16.8 Å². The van der Waals surface area contributed by atoms with E-state index in [9.17, 15) is 9.59 Å². The normalized spacial score (nSPS) is 19.0. The lowest BCUT2D eigenvalue weighted by molar-refractivity contribution is -0.117. The van der Waals surface area contributed by atoms with E-state index in [2.05, 4.69) is 10.6 Å². The Morgan fingerprint density at radius 3 is 2.82 bits per heavy atom. The van der Waals surface area contributed by atoms with Crippen molar-refractivity contribution >= 4 is 29.3 Å². The van der Waals surface area contributed by atoms with Gasteiger partial charge in [0, 0.05) is 0 Å². The molecule has 0 saturated heterocycles. The number of nitrogens with one attached hydrogen (secondary N) is 2. The summed E-state index contributed by atoms with van der Waals surface area (Å²) < 4.78 is 0. The quantitative estimate of drug-likeness (QED) is 0.854. The Bertz CT molecular complexity index is 448. The van der Waals surface area contributed by atoms with Crippen LogP contribution in [0.15, 0.2) is 24.3 Å². The van der Waals surface area contributed by atoms with E-state index in [1.165, 1.54) is 0 Å². The van der Waals surface area contributed by atoms with E-state index in [1.807, 2.05) is 6.26 Å². The maximum atomic E-state index is 11.9. The van der Waals surface area contributed by atoms with Gasteiger partial charge in [0.1, 0.15) is 6.04 Å². The van der Waals surface area contributed by atoms with Gasteiger partial charge >= 0.3 is 0 Å². The molecule has 0 saturated carbocycles. The number of anilines is 1. The van der Waals surface area contributed by atoms with Gasteiger partial charge in [-0.15, -0.1) is 0 Å². The number of rotatable bonds is 3. The van der Waals surface area contributed by atoms with Crippen molar-refractivity contribution in [3.05, 3.63) is 29.8 Å². The van der Waals surface area contributed by atoms with Crippen LogP contribution < -0.4 is 10.6 Å². The minimum atomic E-state index is -0.442. The van der Waals surface area contributed by atoms with E-state index < -0.39 is 6.04 Å². The van der Waals surface area contributed by atoms with Crippen LogP contribution in [0, 0.1) is 0 Å². The molecule has 0 aliphatic carbocycles. The fourth-order valence-corrected chi connectivity index (χ4v) is 2.22. The van der Waals surface area contributed by atoms with Crippen molar-refractivity contribution in [3.63, 3.8) is 0 Å². The van der Waals surface area contributed by atoms with Crippen molar-refractivity contribution in [2.24, 2.45) is 0 Å². The minimum absolute atomic E-state index is 0.141. The molecule has 2 rings (SSSR count). The third-order valence-electron chi connectivity index (χ3n) is 2.66. The van der Waals surface area contributed by atoms with Crippen LogP contribution in [0.25, 0.3) is 0 Å². The monoisotopic (exact) mass is 250 g/mol. The zero-order valence-corrected chi connectivity index (χ0v) is 10.3. The Hall–Kier alpha value is -1.49. The average Bonchev–Trinajstić information content (AvgIpc) is 2.45. The topological polar surface area (TPSA) is 58.2 Å². The molecule has 5 heteroatoms. The van der Waals surface area contributed by atoms with Crippen molar-refractivity contribution in [1.82, 2.24) is 5.32 Å². The first kappa shape index (κ1) is 12.0. The number of fused-ring (bicyclic) bond motifs is 1. The summed E-state index contributed by atoms with van der Waals surface area (Å²) in [7, 11) is 0. The third-order valence-corrected chi connectivity index (χ3v) is 3.31. The maximum Gasteiger partial charge on any atom is 0.254 e. The van der Waals surface area contributed by atoms with Gasteiger partial charge in [-0.05, 0) is 30.6 Å². The lowest BCUT2D eigenvalue weighted by atomic mass is 10.1. The second-order valence-corrected chi connectivity index (χ2v) is 4.83. The Balaban J connectivity index is 2.22. The molecule has 0 bridgehead atoms. The number of hydrogen-bond acceptors (Lipinski definition) is 3. The SMILES string of the molecule is CSCC[C@H]1NC(=O)c2ccccc2NC1=O. The Kier molecular flexibility index (Phi) is 3.68. The molecule has 0 spiro atoms. The molecular weight excluding hydrogens is 236 g/mol. The van der Waals surface area contributed by atoms with E-state index in [1.54, 1.807) is 36.0 Å². The Morgan fingerprint density at radius 1 is 1.29 bits per heavy atom. The molecule has 0 unspecified atom stereocenters. The highest BCUT2D eigenvalue weighted by Gasteiger charge is 2.26. The van der Waals surface area contributed by atoms with Crippen LogP contribution in [-0.4, -0.2) is 29.9 Å². The van der Waals surface area contributed by atoms with Crippen LogP contribution in [0.2, 0.25) is 0 Å². The van der Waals surface area contributed by atoms with Gasteiger partial charge in [0.05, 0.1) is 11.3 Å². The van der Waals surface area contributed by atoms with Crippen LogP contribution in [-0.2, 0) is 4.79 Å². The van der Waals surface area contributed by atoms with E-state index in [0.29, 0.717) is 17.7 Å². The van der Waals surface area contributed by atoms with Crippen LogP contribution >= 0.6 is 11.8 Å².